The van der Waals surface area contributed by atoms with E-state index in [9.17, 15) is 19.8 Å². The Bertz CT molecular complexity index is 198. The van der Waals surface area contributed by atoms with Crippen molar-refractivity contribution < 1.29 is 90.0 Å². The first kappa shape index (κ1) is 23.3. The third kappa shape index (κ3) is 13.4. The Labute approximate surface area is 158 Å². The number of hydrogen-bond acceptors (Lipinski definition) is 4. The van der Waals surface area contributed by atoms with Crippen LogP contribution in [0.5, 0.6) is 0 Å². The summed E-state index contributed by atoms with van der Waals surface area (Å²) in [5.41, 5.74) is 0. The van der Waals surface area contributed by atoms with Gasteiger partial charge < -0.3 is 19.8 Å². The normalized spacial score (nSPS) is 9.29. The molecule has 0 saturated carbocycles. The van der Waals surface area contributed by atoms with Crippen LogP contribution in [-0.2, 0) is 9.59 Å². The Hall–Kier alpha value is 1.17. The van der Waals surface area contributed by atoms with Gasteiger partial charge in [-0.1, -0.05) is 45.4 Å². The summed E-state index contributed by atoms with van der Waals surface area (Å²) in [6.07, 6.45) is 6.08. The summed E-state index contributed by atoms with van der Waals surface area (Å²) in [5.74, 6) is -4.52. The second-order valence-corrected chi connectivity index (χ2v) is 3.75. The number of carboxylic acids is 2. The smallest absolute Gasteiger partial charge is 0.549 e. The van der Waals surface area contributed by atoms with Crippen LogP contribution < -0.4 is 80.5 Å². The van der Waals surface area contributed by atoms with Crippen molar-refractivity contribution in [2.45, 2.75) is 51.9 Å². The van der Waals surface area contributed by atoms with Gasteiger partial charge in [-0.3, -0.25) is 0 Å². The van der Waals surface area contributed by atoms with Crippen molar-refractivity contribution in [1.82, 2.24) is 0 Å². The summed E-state index contributed by atoms with van der Waals surface area (Å²) in [7, 11) is 0. The third-order valence-corrected chi connectivity index (χ3v) is 2.42. The van der Waals surface area contributed by atoms with Gasteiger partial charge in [-0.25, -0.2) is 0 Å². The molecule has 0 radical (unpaired) electrons. The standard InChI is InChI=1S/C11H20O4.K.Li/c1-2-3-4-5-6-7-8-9(10(12)13)11(14)15;;/h9H,2-8H2,1H3,(H,12,13)(H,14,15);;/q;2*+1/p-2. The molecule has 0 amide bonds. The maximum atomic E-state index is 10.4. The minimum atomic E-state index is -1.54. The van der Waals surface area contributed by atoms with Crippen molar-refractivity contribution in [3.05, 3.63) is 0 Å². The molecule has 0 aromatic carbocycles. The van der Waals surface area contributed by atoms with Crippen LogP contribution in [0.2, 0.25) is 0 Å². The van der Waals surface area contributed by atoms with E-state index in [0.717, 1.165) is 25.7 Å². The summed E-state index contributed by atoms with van der Waals surface area (Å²) < 4.78 is 0. The van der Waals surface area contributed by atoms with Gasteiger partial charge in [0.05, 0.1) is 11.9 Å². The summed E-state index contributed by atoms with van der Waals surface area (Å²) in [6, 6.07) is 0. The van der Waals surface area contributed by atoms with Gasteiger partial charge in [0.15, 0.2) is 0 Å². The van der Waals surface area contributed by atoms with Gasteiger partial charge in [-0.05, 0) is 6.42 Å². The van der Waals surface area contributed by atoms with E-state index in [1.165, 1.54) is 6.42 Å². The molecule has 0 aromatic heterocycles. The van der Waals surface area contributed by atoms with Gasteiger partial charge in [-0.2, -0.15) is 0 Å². The average Bonchev–Trinajstić information content (AvgIpc) is 2.15. The molecule has 4 nitrogen and oxygen atoms in total. The van der Waals surface area contributed by atoms with Crippen LogP contribution in [0.3, 0.4) is 0 Å². The van der Waals surface area contributed by atoms with Crippen LogP contribution in [0.4, 0.5) is 0 Å². The van der Waals surface area contributed by atoms with Crippen LogP contribution in [0, 0.1) is 5.92 Å². The zero-order valence-electron chi connectivity index (χ0n) is 11.2. The second kappa shape index (κ2) is 15.2. The molecule has 0 spiro atoms. The molecule has 17 heavy (non-hydrogen) atoms. The number of carboxylic acid groups (broad SMARTS) is 2. The fraction of sp³-hybridized carbons (Fsp3) is 0.818. The fourth-order valence-electron chi connectivity index (χ4n) is 1.46. The van der Waals surface area contributed by atoms with Crippen molar-refractivity contribution in [3.63, 3.8) is 0 Å². The Balaban J connectivity index is -0.000000980. The maximum Gasteiger partial charge on any atom is 1.00 e. The molecule has 0 aromatic rings. The van der Waals surface area contributed by atoms with Crippen molar-refractivity contribution in [3.8, 4) is 0 Å². The van der Waals surface area contributed by atoms with Gasteiger partial charge >= 0.3 is 70.2 Å². The monoisotopic (exact) mass is 260 g/mol. The Kier molecular flexibility index (Phi) is 20.9. The number of rotatable bonds is 9. The van der Waals surface area contributed by atoms with Gasteiger partial charge in [0, 0.05) is 5.92 Å². The molecule has 0 saturated heterocycles. The van der Waals surface area contributed by atoms with E-state index >= 15 is 0 Å². The van der Waals surface area contributed by atoms with E-state index in [4.69, 9.17) is 0 Å². The Morgan fingerprint density at radius 2 is 1.35 bits per heavy atom. The fourth-order valence-corrected chi connectivity index (χ4v) is 1.46. The van der Waals surface area contributed by atoms with Gasteiger partial charge in [0.2, 0.25) is 0 Å². The van der Waals surface area contributed by atoms with Crippen molar-refractivity contribution in [2.75, 3.05) is 0 Å². The number of carbonyl (C=O) groups is 2. The molecule has 0 fully saturated rings. The maximum absolute atomic E-state index is 10.4. The van der Waals surface area contributed by atoms with Crippen LogP contribution in [0.1, 0.15) is 51.9 Å². The largest absolute Gasteiger partial charge is 1.00 e. The molecule has 0 aliphatic heterocycles. The molecular weight excluding hydrogens is 242 g/mol. The Morgan fingerprint density at radius 3 is 1.76 bits per heavy atom. The Morgan fingerprint density at radius 1 is 0.941 bits per heavy atom. The number of carbonyl (C=O) groups excluding carboxylic acids is 2. The summed E-state index contributed by atoms with van der Waals surface area (Å²) >= 11 is 0. The number of aliphatic carboxylic acids is 2. The molecular formula is C11H18KLiO4. The first-order chi connectivity index (χ1) is 7.09. The molecule has 0 atom stereocenters. The van der Waals surface area contributed by atoms with Crippen LogP contribution >= 0.6 is 0 Å². The summed E-state index contributed by atoms with van der Waals surface area (Å²) in [5, 5.41) is 20.8. The van der Waals surface area contributed by atoms with E-state index in [2.05, 4.69) is 6.92 Å². The predicted molar refractivity (Wildman–Crippen MR) is 51.5 cm³/mol. The minimum Gasteiger partial charge on any atom is -0.549 e. The summed E-state index contributed by atoms with van der Waals surface area (Å²) in [4.78, 5) is 20.8. The second-order valence-electron chi connectivity index (χ2n) is 3.75. The van der Waals surface area contributed by atoms with Gasteiger partial charge in [0.1, 0.15) is 0 Å². The van der Waals surface area contributed by atoms with Crippen LogP contribution in [0.15, 0.2) is 0 Å². The number of hydrogen-bond donors (Lipinski definition) is 0. The van der Waals surface area contributed by atoms with E-state index in [1.807, 2.05) is 0 Å². The van der Waals surface area contributed by atoms with Crippen molar-refractivity contribution >= 4 is 11.9 Å². The van der Waals surface area contributed by atoms with E-state index in [1.54, 1.807) is 0 Å². The van der Waals surface area contributed by atoms with Crippen LogP contribution in [0.25, 0.3) is 0 Å². The van der Waals surface area contributed by atoms with Gasteiger partial charge in [0.25, 0.3) is 0 Å². The van der Waals surface area contributed by atoms with E-state index in [-0.39, 0.29) is 76.7 Å². The zero-order valence-corrected chi connectivity index (χ0v) is 14.3. The van der Waals surface area contributed by atoms with E-state index in [0.29, 0.717) is 6.42 Å². The molecule has 0 rings (SSSR count). The average molecular weight is 260 g/mol. The SMILES string of the molecule is CCCCCCCCC(C(=O)[O-])C(=O)[O-].[K+].[Li+]. The first-order valence-corrected chi connectivity index (χ1v) is 5.51. The molecule has 0 bridgehead atoms. The molecule has 0 N–H and O–H groups in total. The topological polar surface area (TPSA) is 80.3 Å². The van der Waals surface area contributed by atoms with E-state index < -0.39 is 17.9 Å². The molecule has 0 aliphatic rings. The number of unbranched alkanes of at least 4 members (excludes halogenated alkanes) is 5. The minimum absolute atomic E-state index is 0. The quantitative estimate of drug-likeness (QED) is 0.235. The first-order valence-electron chi connectivity index (χ1n) is 5.51. The molecule has 6 heteroatoms. The summed E-state index contributed by atoms with van der Waals surface area (Å²) in [6.45, 7) is 2.11. The van der Waals surface area contributed by atoms with Gasteiger partial charge in [-0.15, -0.1) is 0 Å². The third-order valence-electron chi connectivity index (χ3n) is 2.42. The zero-order chi connectivity index (χ0) is 11.7. The predicted octanol–water partition coefficient (Wildman–Crippen LogP) is -6.14. The van der Waals surface area contributed by atoms with Crippen molar-refractivity contribution in [2.24, 2.45) is 5.92 Å². The van der Waals surface area contributed by atoms with Crippen LogP contribution in [-0.4, -0.2) is 11.9 Å². The molecule has 0 aliphatic carbocycles. The molecule has 0 heterocycles. The molecule has 88 valence electrons. The van der Waals surface area contributed by atoms with Crippen molar-refractivity contribution in [1.29, 1.82) is 0 Å². The molecule has 0 unspecified atom stereocenters.